The topological polar surface area (TPSA) is 50.4 Å². The van der Waals surface area contributed by atoms with Crippen molar-refractivity contribution in [1.82, 2.24) is 10.6 Å². The number of hydrogen-bond acceptors (Lipinski definition) is 3. The van der Waals surface area contributed by atoms with Crippen molar-refractivity contribution in [2.45, 2.75) is 37.5 Å². The molecule has 0 aliphatic carbocycles. The summed E-state index contributed by atoms with van der Waals surface area (Å²) in [6, 6.07) is 7.72. The van der Waals surface area contributed by atoms with Crippen LogP contribution in [-0.4, -0.2) is 38.8 Å². The zero-order valence-electron chi connectivity index (χ0n) is 14.6. The van der Waals surface area contributed by atoms with Crippen LogP contribution < -0.4 is 10.6 Å². The van der Waals surface area contributed by atoms with Crippen molar-refractivity contribution in [3.05, 3.63) is 34.9 Å². The van der Waals surface area contributed by atoms with Crippen molar-refractivity contribution in [1.29, 1.82) is 0 Å². The SMILES string of the molecule is Cl.O=C(NCCC1CCCNC1)C1(c2cccc(Cl)c2)CCOCC1. The van der Waals surface area contributed by atoms with Crippen LogP contribution in [0.5, 0.6) is 0 Å². The van der Waals surface area contributed by atoms with Crippen LogP contribution in [0.15, 0.2) is 24.3 Å². The summed E-state index contributed by atoms with van der Waals surface area (Å²) < 4.78 is 5.51. The van der Waals surface area contributed by atoms with Gasteiger partial charge in [0.1, 0.15) is 0 Å². The Hall–Kier alpha value is -0.810. The molecule has 2 heterocycles. The molecule has 1 atom stereocenters. The van der Waals surface area contributed by atoms with Gasteiger partial charge in [0.05, 0.1) is 5.41 Å². The molecule has 2 fully saturated rings. The number of halogens is 2. The van der Waals surface area contributed by atoms with Gasteiger partial charge in [-0.1, -0.05) is 23.7 Å². The highest BCUT2D eigenvalue weighted by Crippen LogP contribution is 2.36. The largest absolute Gasteiger partial charge is 0.381 e. The van der Waals surface area contributed by atoms with Crippen molar-refractivity contribution < 1.29 is 9.53 Å². The van der Waals surface area contributed by atoms with Gasteiger partial charge in [-0.3, -0.25) is 4.79 Å². The normalized spacial score (nSPS) is 22.7. The van der Waals surface area contributed by atoms with Crippen molar-refractivity contribution in [2.75, 3.05) is 32.8 Å². The van der Waals surface area contributed by atoms with Gasteiger partial charge in [0, 0.05) is 24.8 Å². The molecule has 1 amide bonds. The van der Waals surface area contributed by atoms with Crippen molar-refractivity contribution >= 4 is 29.9 Å². The van der Waals surface area contributed by atoms with Crippen LogP contribution in [0.1, 0.15) is 37.7 Å². The van der Waals surface area contributed by atoms with E-state index in [-0.39, 0.29) is 18.3 Å². The number of benzene rings is 1. The van der Waals surface area contributed by atoms with Crippen molar-refractivity contribution in [2.24, 2.45) is 5.92 Å². The van der Waals surface area contributed by atoms with Crippen LogP contribution in [0, 0.1) is 5.92 Å². The predicted octanol–water partition coefficient (Wildman–Crippen LogP) is 3.32. The number of nitrogens with one attached hydrogen (secondary N) is 2. The lowest BCUT2D eigenvalue weighted by atomic mass is 9.73. The van der Waals surface area contributed by atoms with E-state index in [1.54, 1.807) is 0 Å². The molecule has 2 aliphatic heterocycles. The maximum atomic E-state index is 13.0. The number of rotatable bonds is 5. The summed E-state index contributed by atoms with van der Waals surface area (Å²) in [6.45, 7) is 4.18. The fourth-order valence-electron chi connectivity index (χ4n) is 3.88. The monoisotopic (exact) mass is 386 g/mol. The number of ether oxygens (including phenoxy) is 1. The minimum atomic E-state index is -0.506. The van der Waals surface area contributed by atoms with E-state index in [1.165, 1.54) is 12.8 Å². The molecule has 140 valence electrons. The summed E-state index contributed by atoms with van der Waals surface area (Å²) in [5, 5.41) is 7.31. The van der Waals surface area contributed by atoms with E-state index < -0.39 is 5.41 Å². The maximum absolute atomic E-state index is 13.0. The highest BCUT2D eigenvalue weighted by Gasteiger charge is 2.41. The van der Waals surface area contributed by atoms with Crippen molar-refractivity contribution in [3.8, 4) is 0 Å². The molecule has 0 spiro atoms. The van der Waals surface area contributed by atoms with E-state index >= 15 is 0 Å². The number of piperidine rings is 1. The molecule has 25 heavy (non-hydrogen) atoms. The fraction of sp³-hybridized carbons (Fsp3) is 0.632. The minimum absolute atomic E-state index is 0. The summed E-state index contributed by atoms with van der Waals surface area (Å²) >= 11 is 6.17. The Bertz CT molecular complexity index is 556. The van der Waals surface area contributed by atoms with E-state index in [0.717, 1.165) is 31.6 Å². The molecule has 2 N–H and O–H groups in total. The Morgan fingerprint density at radius 3 is 2.84 bits per heavy atom. The molecule has 2 aliphatic rings. The quantitative estimate of drug-likeness (QED) is 0.815. The van der Waals surface area contributed by atoms with Gasteiger partial charge in [0.15, 0.2) is 0 Å². The molecule has 6 heteroatoms. The van der Waals surface area contributed by atoms with E-state index in [1.807, 2.05) is 24.3 Å². The lowest BCUT2D eigenvalue weighted by molar-refractivity contribution is -0.130. The second kappa shape index (κ2) is 9.77. The molecule has 0 aromatic heterocycles. The first-order valence-electron chi connectivity index (χ1n) is 9.03. The first-order chi connectivity index (χ1) is 11.7. The van der Waals surface area contributed by atoms with Gasteiger partial charge in [-0.05, 0) is 68.8 Å². The Balaban J connectivity index is 0.00000225. The van der Waals surface area contributed by atoms with Gasteiger partial charge >= 0.3 is 0 Å². The van der Waals surface area contributed by atoms with Crippen molar-refractivity contribution in [3.63, 3.8) is 0 Å². The van der Waals surface area contributed by atoms with Gasteiger partial charge < -0.3 is 15.4 Å². The zero-order chi connectivity index (χ0) is 16.8. The number of carbonyl (C=O) groups is 1. The Morgan fingerprint density at radius 2 is 2.16 bits per heavy atom. The predicted molar refractivity (Wildman–Crippen MR) is 104 cm³/mol. The molecule has 0 radical (unpaired) electrons. The lowest BCUT2D eigenvalue weighted by Gasteiger charge is -2.36. The summed E-state index contributed by atoms with van der Waals surface area (Å²) in [7, 11) is 0. The summed E-state index contributed by atoms with van der Waals surface area (Å²) in [6.07, 6.45) is 4.97. The molecule has 0 saturated carbocycles. The van der Waals surface area contributed by atoms with E-state index in [4.69, 9.17) is 16.3 Å². The highest BCUT2D eigenvalue weighted by molar-refractivity contribution is 6.30. The van der Waals surface area contributed by atoms with Crippen LogP contribution in [0.25, 0.3) is 0 Å². The van der Waals surface area contributed by atoms with Crippen LogP contribution >= 0.6 is 24.0 Å². The van der Waals surface area contributed by atoms with Gasteiger partial charge in [-0.25, -0.2) is 0 Å². The molecule has 2 saturated heterocycles. The number of amides is 1. The van der Waals surface area contributed by atoms with E-state index in [0.29, 0.717) is 37.0 Å². The molecule has 0 bridgehead atoms. The summed E-state index contributed by atoms with van der Waals surface area (Å²) in [5.41, 5.74) is 0.503. The van der Waals surface area contributed by atoms with Gasteiger partial charge in [-0.15, -0.1) is 12.4 Å². The Kier molecular flexibility index (Phi) is 8.01. The van der Waals surface area contributed by atoms with Crippen LogP contribution in [0.4, 0.5) is 0 Å². The third-order valence-electron chi connectivity index (χ3n) is 5.40. The maximum Gasteiger partial charge on any atom is 0.230 e. The third kappa shape index (κ3) is 5.10. The number of carbonyl (C=O) groups excluding carboxylic acids is 1. The third-order valence-corrected chi connectivity index (χ3v) is 5.63. The van der Waals surface area contributed by atoms with Gasteiger partial charge in [-0.2, -0.15) is 0 Å². The lowest BCUT2D eigenvalue weighted by Crippen LogP contribution is -2.48. The highest BCUT2D eigenvalue weighted by atomic mass is 35.5. The fourth-order valence-corrected chi connectivity index (χ4v) is 4.07. The first-order valence-corrected chi connectivity index (χ1v) is 9.41. The Labute approximate surface area is 161 Å². The second-order valence-electron chi connectivity index (χ2n) is 6.96. The summed E-state index contributed by atoms with van der Waals surface area (Å²) in [5.74, 6) is 0.799. The average molecular weight is 387 g/mol. The molecular formula is C19H28Cl2N2O2. The molecule has 1 aromatic rings. The zero-order valence-corrected chi connectivity index (χ0v) is 16.1. The van der Waals surface area contributed by atoms with Gasteiger partial charge in [0.2, 0.25) is 5.91 Å². The Morgan fingerprint density at radius 1 is 1.36 bits per heavy atom. The average Bonchev–Trinajstić information content (AvgIpc) is 2.63. The van der Waals surface area contributed by atoms with Crippen LogP contribution in [0.2, 0.25) is 5.02 Å². The van der Waals surface area contributed by atoms with Crippen LogP contribution in [-0.2, 0) is 14.9 Å². The smallest absolute Gasteiger partial charge is 0.230 e. The first kappa shape index (κ1) is 20.5. The molecule has 1 aromatic carbocycles. The molecular weight excluding hydrogens is 359 g/mol. The summed E-state index contributed by atoms with van der Waals surface area (Å²) in [4.78, 5) is 13.0. The molecule has 4 nitrogen and oxygen atoms in total. The van der Waals surface area contributed by atoms with Crippen LogP contribution in [0.3, 0.4) is 0 Å². The number of hydrogen-bond donors (Lipinski definition) is 2. The standard InChI is InChI=1S/C19H27ClN2O2.ClH/c20-17-5-1-4-16(13-17)19(7-11-24-12-8-19)18(23)22-10-6-15-3-2-9-21-14-15;/h1,4-5,13,15,21H,2-3,6-12,14H2,(H,22,23);1H. The van der Waals surface area contributed by atoms with E-state index in [9.17, 15) is 4.79 Å². The molecule has 1 unspecified atom stereocenters. The van der Waals surface area contributed by atoms with E-state index in [2.05, 4.69) is 10.6 Å². The van der Waals surface area contributed by atoms with Gasteiger partial charge in [0.25, 0.3) is 0 Å². The molecule has 3 rings (SSSR count). The second-order valence-corrected chi connectivity index (χ2v) is 7.40. The minimum Gasteiger partial charge on any atom is -0.381 e.